The van der Waals surface area contributed by atoms with Gasteiger partial charge in [0.1, 0.15) is 0 Å². The number of nitrogens with one attached hydrogen (secondary N) is 1. The minimum absolute atomic E-state index is 0.577. The Morgan fingerprint density at radius 3 is 2.41 bits per heavy atom. The highest BCUT2D eigenvalue weighted by Gasteiger charge is 2.01. The van der Waals surface area contributed by atoms with E-state index in [-0.39, 0.29) is 0 Å². The molecule has 0 saturated carbocycles. The zero-order chi connectivity index (χ0) is 12.7. The highest BCUT2D eigenvalue weighted by Crippen LogP contribution is 2.12. The predicted molar refractivity (Wildman–Crippen MR) is 80.1 cm³/mol. The SMILES string of the molecule is CCSCC(C)NCc1ccc(N(C)C)cc1. The number of nitrogens with zero attached hydrogens (tertiary/aromatic N) is 1. The molecule has 2 nitrogen and oxygen atoms in total. The fourth-order valence-electron chi connectivity index (χ4n) is 1.56. The van der Waals surface area contributed by atoms with Gasteiger partial charge in [0.2, 0.25) is 0 Å². The summed E-state index contributed by atoms with van der Waals surface area (Å²) in [7, 11) is 4.13. The second-order valence-corrected chi connectivity index (χ2v) is 5.82. The Balaban J connectivity index is 2.36. The summed E-state index contributed by atoms with van der Waals surface area (Å²) >= 11 is 1.99. The number of thioether (sulfide) groups is 1. The maximum absolute atomic E-state index is 3.55. The van der Waals surface area contributed by atoms with Crippen LogP contribution in [0.1, 0.15) is 19.4 Å². The van der Waals surface area contributed by atoms with E-state index in [0.29, 0.717) is 6.04 Å². The summed E-state index contributed by atoms with van der Waals surface area (Å²) in [5, 5.41) is 3.55. The molecule has 1 aromatic rings. The molecule has 0 bridgehead atoms. The summed E-state index contributed by atoms with van der Waals surface area (Å²) in [4.78, 5) is 2.12. The monoisotopic (exact) mass is 252 g/mol. The quantitative estimate of drug-likeness (QED) is 0.803. The Labute approximate surface area is 110 Å². The third-order valence-corrected chi connectivity index (χ3v) is 3.82. The molecule has 0 saturated heterocycles. The van der Waals surface area contributed by atoms with Crippen molar-refractivity contribution >= 4 is 17.4 Å². The number of benzene rings is 1. The molecule has 1 rings (SSSR count). The fraction of sp³-hybridized carbons (Fsp3) is 0.571. The first-order valence-corrected chi connectivity index (χ1v) is 7.36. The molecule has 17 heavy (non-hydrogen) atoms. The maximum atomic E-state index is 3.55. The van der Waals surface area contributed by atoms with Crippen molar-refractivity contribution in [1.29, 1.82) is 0 Å². The van der Waals surface area contributed by atoms with Gasteiger partial charge >= 0.3 is 0 Å². The van der Waals surface area contributed by atoms with Crippen molar-refractivity contribution < 1.29 is 0 Å². The molecule has 0 aliphatic rings. The van der Waals surface area contributed by atoms with Gasteiger partial charge in [-0.2, -0.15) is 11.8 Å². The molecule has 1 aromatic carbocycles. The van der Waals surface area contributed by atoms with Crippen molar-refractivity contribution in [3.8, 4) is 0 Å². The minimum Gasteiger partial charge on any atom is -0.378 e. The first kappa shape index (κ1) is 14.4. The van der Waals surface area contributed by atoms with Gasteiger partial charge in [-0.1, -0.05) is 19.1 Å². The van der Waals surface area contributed by atoms with Crippen LogP contribution in [0.5, 0.6) is 0 Å². The van der Waals surface area contributed by atoms with Gasteiger partial charge in [0.25, 0.3) is 0 Å². The van der Waals surface area contributed by atoms with E-state index in [1.165, 1.54) is 22.8 Å². The second kappa shape index (κ2) is 7.62. The molecule has 0 spiro atoms. The average Bonchev–Trinajstić information content (AvgIpc) is 2.34. The Bertz CT molecular complexity index is 309. The molecule has 0 aromatic heterocycles. The van der Waals surface area contributed by atoms with E-state index in [1.807, 2.05) is 11.8 Å². The van der Waals surface area contributed by atoms with Crippen LogP contribution in [0.25, 0.3) is 0 Å². The Hall–Kier alpha value is -0.670. The average molecular weight is 252 g/mol. The van der Waals surface area contributed by atoms with Crippen molar-refractivity contribution in [3.63, 3.8) is 0 Å². The van der Waals surface area contributed by atoms with E-state index in [4.69, 9.17) is 0 Å². The molecule has 0 radical (unpaired) electrons. The standard InChI is InChI=1S/C14H24N2S/c1-5-17-11-12(2)15-10-13-6-8-14(9-7-13)16(3)4/h6-9,12,15H,5,10-11H2,1-4H3. The number of rotatable bonds is 7. The van der Waals surface area contributed by atoms with Crippen LogP contribution in [0, 0.1) is 0 Å². The van der Waals surface area contributed by atoms with Gasteiger partial charge in [-0.05, 0) is 30.4 Å². The van der Waals surface area contributed by atoms with E-state index >= 15 is 0 Å². The molecular weight excluding hydrogens is 228 g/mol. The van der Waals surface area contributed by atoms with Gasteiger partial charge in [0.05, 0.1) is 0 Å². The number of hydrogen-bond donors (Lipinski definition) is 1. The molecule has 0 aliphatic carbocycles. The molecule has 96 valence electrons. The summed E-state index contributed by atoms with van der Waals surface area (Å²) in [6, 6.07) is 9.31. The van der Waals surface area contributed by atoms with Crippen LogP contribution in [0.4, 0.5) is 5.69 Å². The Morgan fingerprint density at radius 2 is 1.88 bits per heavy atom. The third kappa shape index (κ3) is 5.46. The molecular formula is C14H24N2S. The van der Waals surface area contributed by atoms with Crippen LogP contribution in [-0.4, -0.2) is 31.6 Å². The Kier molecular flexibility index (Phi) is 6.45. The van der Waals surface area contributed by atoms with Crippen molar-refractivity contribution in [2.24, 2.45) is 0 Å². The van der Waals surface area contributed by atoms with Crippen molar-refractivity contribution in [3.05, 3.63) is 29.8 Å². The highest BCUT2D eigenvalue weighted by molar-refractivity contribution is 7.99. The van der Waals surface area contributed by atoms with Crippen LogP contribution in [-0.2, 0) is 6.54 Å². The van der Waals surface area contributed by atoms with Crippen molar-refractivity contribution in [2.45, 2.75) is 26.4 Å². The zero-order valence-corrected chi connectivity index (χ0v) is 12.2. The largest absolute Gasteiger partial charge is 0.378 e. The summed E-state index contributed by atoms with van der Waals surface area (Å²) in [6.07, 6.45) is 0. The molecule has 0 fully saturated rings. The zero-order valence-electron chi connectivity index (χ0n) is 11.4. The van der Waals surface area contributed by atoms with Gasteiger partial charge in [-0.15, -0.1) is 0 Å². The smallest absolute Gasteiger partial charge is 0.0361 e. The first-order chi connectivity index (χ1) is 8.13. The van der Waals surface area contributed by atoms with Crippen molar-refractivity contribution in [1.82, 2.24) is 5.32 Å². The van der Waals surface area contributed by atoms with Gasteiger partial charge in [0, 0.05) is 38.1 Å². The topological polar surface area (TPSA) is 15.3 Å². The lowest BCUT2D eigenvalue weighted by atomic mass is 10.2. The van der Waals surface area contributed by atoms with Gasteiger partial charge < -0.3 is 10.2 Å². The van der Waals surface area contributed by atoms with E-state index in [0.717, 1.165) is 6.54 Å². The van der Waals surface area contributed by atoms with Crippen LogP contribution >= 0.6 is 11.8 Å². The lowest BCUT2D eigenvalue weighted by molar-refractivity contribution is 0.596. The van der Waals surface area contributed by atoms with Gasteiger partial charge in [-0.3, -0.25) is 0 Å². The predicted octanol–water partition coefficient (Wildman–Crippen LogP) is 2.98. The molecule has 0 aliphatic heterocycles. The normalized spacial score (nSPS) is 12.5. The molecule has 1 unspecified atom stereocenters. The molecule has 1 atom stereocenters. The van der Waals surface area contributed by atoms with Crippen LogP contribution in [0.3, 0.4) is 0 Å². The third-order valence-electron chi connectivity index (χ3n) is 2.68. The van der Waals surface area contributed by atoms with E-state index in [2.05, 4.69) is 62.4 Å². The van der Waals surface area contributed by atoms with E-state index in [9.17, 15) is 0 Å². The van der Waals surface area contributed by atoms with Crippen LogP contribution in [0.2, 0.25) is 0 Å². The van der Waals surface area contributed by atoms with Gasteiger partial charge in [-0.25, -0.2) is 0 Å². The van der Waals surface area contributed by atoms with Crippen LogP contribution in [0.15, 0.2) is 24.3 Å². The summed E-state index contributed by atoms with van der Waals surface area (Å²) in [5.74, 6) is 2.38. The summed E-state index contributed by atoms with van der Waals surface area (Å²) in [6.45, 7) is 5.41. The van der Waals surface area contributed by atoms with Crippen molar-refractivity contribution in [2.75, 3.05) is 30.5 Å². The first-order valence-electron chi connectivity index (χ1n) is 6.21. The second-order valence-electron chi connectivity index (χ2n) is 4.50. The Morgan fingerprint density at radius 1 is 1.24 bits per heavy atom. The molecule has 0 amide bonds. The molecule has 3 heteroatoms. The molecule has 1 N–H and O–H groups in total. The fourth-order valence-corrected chi connectivity index (χ4v) is 2.26. The van der Waals surface area contributed by atoms with E-state index in [1.54, 1.807) is 0 Å². The van der Waals surface area contributed by atoms with Gasteiger partial charge in [0.15, 0.2) is 0 Å². The summed E-state index contributed by atoms with van der Waals surface area (Å²) in [5.41, 5.74) is 2.60. The minimum atomic E-state index is 0.577. The lowest BCUT2D eigenvalue weighted by Gasteiger charge is -2.15. The number of hydrogen-bond acceptors (Lipinski definition) is 3. The van der Waals surface area contributed by atoms with Crippen LogP contribution < -0.4 is 10.2 Å². The molecule has 0 heterocycles. The maximum Gasteiger partial charge on any atom is 0.0361 e. The highest BCUT2D eigenvalue weighted by atomic mass is 32.2. The van der Waals surface area contributed by atoms with E-state index < -0.39 is 0 Å². The lowest BCUT2D eigenvalue weighted by Crippen LogP contribution is -2.27. The number of anilines is 1. The summed E-state index contributed by atoms with van der Waals surface area (Å²) < 4.78 is 0.